The first kappa shape index (κ1) is 16.7. The highest BCUT2D eigenvalue weighted by Crippen LogP contribution is 2.14. The maximum absolute atomic E-state index is 5.92. The van der Waals surface area contributed by atoms with Gasteiger partial charge in [-0.15, -0.1) is 0 Å². The average Bonchev–Trinajstić information content (AvgIpc) is 2.54. The molecule has 22 heavy (non-hydrogen) atoms. The Hall–Kier alpha value is -1.64. The number of halogens is 2. The molecule has 0 aliphatic rings. The third-order valence-electron chi connectivity index (χ3n) is 3.32. The Morgan fingerprint density at radius 1 is 0.682 bits per heavy atom. The topological polar surface area (TPSA) is 24.7 Å². The molecule has 2 aromatic carbocycles. The van der Waals surface area contributed by atoms with E-state index in [0.29, 0.717) is 0 Å². The number of hydrogen-bond donors (Lipinski definition) is 0. The van der Waals surface area contributed by atoms with Gasteiger partial charge >= 0.3 is 0 Å². The highest BCUT2D eigenvalue weighted by molar-refractivity contribution is 6.31. The van der Waals surface area contributed by atoms with Gasteiger partial charge in [0.25, 0.3) is 0 Å². The summed E-state index contributed by atoms with van der Waals surface area (Å²) in [6.45, 7) is 4.13. The van der Waals surface area contributed by atoms with Gasteiger partial charge in [0.05, 0.1) is 11.4 Å². The number of rotatable bonds is 5. The molecule has 0 spiro atoms. The van der Waals surface area contributed by atoms with E-state index >= 15 is 0 Å². The van der Waals surface area contributed by atoms with E-state index in [4.69, 9.17) is 23.2 Å². The SMILES string of the molecule is CCC(=NN=C(CC)c1ccc(Cl)cc1)c1ccc(Cl)cc1. The van der Waals surface area contributed by atoms with Crippen molar-refractivity contribution >= 4 is 34.6 Å². The summed E-state index contributed by atoms with van der Waals surface area (Å²) in [5.41, 5.74) is 3.97. The fourth-order valence-corrected chi connectivity index (χ4v) is 2.32. The quantitative estimate of drug-likeness (QED) is 0.473. The summed E-state index contributed by atoms with van der Waals surface area (Å²) >= 11 is 11.8. The second kappa shape index (κ2) is 8.11. The molecule has 0 aliphatic heterocycles. The summed E-state index contributed by atoms with van der Waals surface area (Å²) in [6.07, 6.45) is 1.62. The lowest BCUT2D eigenvalue weighted by atomic mass is 10.1. The number of benzene rings is 2. The van der Waals surface area contributed by atoms with Crippen LogP contribution in [0.25, 0.3) is 0 Å². The van der Waals surface area contributed by atoms with E-state index in [1.165, 1.54) is 0 Å². The Morgan fingerprint density at radius 2 is 1.00 bits per heavy atom. The van der Waals surface area contributed by atoms with Gasteiger partial charge in [-0.3, -0.25) is 0 Å². The van der Waals surface area contributed by atoms with Gasteiger partial charge < -0.3 is 0 Å². The van der Waals surface area contributed by atoms with Gasteiger partial charge in [-0.1, -0.05) is 61.3 Å². The number of hydrogen-bond acceptors (Lipinski definition) is 2. The average molecular weight is 333 g/mol. The van der Waals surface area contributed by atoms with Crippen LogP contribution in [-0.4, -0.2) is 11.4 Å². The van der Waals surface area contributed by atoms with Crippen LogP contribution >= 0.6 is 23.2 Å². The monoisotopic (exact) mass is 332 g/mol. The van der Waals surface area contributed by atoms with Crippen molar-refractivity contribution in [2.75, 3.05) is 0 Å². The smallest absolute Gasteiger partial charge is 0.0700 e. The molecule has 0 amide bonds. The van der Waals surface area contributed by atoms with E-state index < -0.39 is 0 Å². The highest BCUT2D eigenvalue weighted by Gasteiger charge is 2.04. The molecule has 0 heterocycles. The van der Waals surface area contributed by atoms with Gasteiger partial charge in [0.2, 0.25) is 0 Å². The van der Waals surface area contributed by atoms with Gasteiger partial charge in [-0.2, -0.15) is 10.2 Å². The summed E-state index contributed by atoms with van der Waals surface area (Å²) < 4.78 is 0. The molecule has 0 atom stereocenters. The zero-order valence-electron chi connectivity index (χ0n) is 12.7. The van der Waals surface area contributed by atoms with Crippen LogP contribution in [0.3, 0.4) is 0 Å². The van der Waals surface area contributed by atoms with Crippen LogP contribution in [0.15, 0.2) is 58.7 Å². The predicted molar refractivity (Wildman–Crippen MR) is 96.6 cm³/mol. The van der Waals surface area contributed by atoms with E-state index in [-0.39, 0.29) is 0 Å². The molecule has 0 fully saturated rings. The van der Waals surface area contributed by atoms with Crippen LogP contribution in [0.4, 0.5) is 0 Å². The Labute approximate surface area is 141 Å². The van der Waals surface area contributed by atoms with E-state index in [0.717, 1.165) is 45.4 Å². The maximum Gasteiger partial charge on any atom is 0.0700 e. The Kier molecular flexibility index (Phi) is 6.17. The Morgan fingerprint density at radius 3 is 1.27 bits per heavy atom. The summed E-state index contributed by atoms with van der Waals surface area (Å²) in [7, 11) is 0. The van der Waals surface area contributed by atoms with Crippen molar-refractivity contribution in [1.82, 2.24) is 0 Å². The standard InChI is InChI=1S/C18H18Cl2N2/c1-3-17(13-5-9-15(19)10-6-13)21-22-18(4-2)14-7-11-16(20)12-8-14/h5-12H,3-4H2,1-2H3. The molecule has 114 valence electrons. The molecule has 0 bridgehead atoms. The van der Waals surface area contributed by atoms with Gasteiger partial charge in [-0.25, -0.2) is 0 Å². The fraction of sp³-hybridized carbons (Fsp3) is 0.222. The summed E-state index contributed by atoms with van der Waals surface area (Å²) in [5.74, 6) is 0. The zero-order chi connectivity index (χ0) is 15.9. The minimum absolute atomic E-state index is 0.720. The zero-order valence-corrected chi connectivity index (χ0v) is 14.2. The maximum atomic E-state index is 5.92. The molecular formula is C18H18Cl2N2. The summed E-state index contributed by atoms with van der Waals surface area (Å²) in [4.78, 5) is 0. The van der Waals surface area contributed by atoms with Crippen LogP contribution < -0.4 is 0 Å². The highest BCUT2D eigenvalue weighted by atomic mass is 35.5. The van der Waals surface area contributed by atoms with Crippen molar-refractivity contribution in [1.29, 1.82) is 0 Å². The van der Waals surface area contributed by atoms with Gasteiger partial charge in [0.15, 0.2) is 0 Å². The molecule has 0 N–H and O–H groups in total. The first-order valence-electron chi connectivity index (χ1n) is 7.29. The third-order valence-corrected chi connectivity index (χ3v) is 3.82. The lowest BCUT2D eigenvalue weighted by Gasteiger charge is -2.05. The lowest BCUT2D eigenvalue weighted by Crippen LogP contribution is -2.01. The molecule has 2 aromatic rings. The molecular weight excluding hydrogens is 315 g/mol. The molecule has 0 radical (unpaired) electrons. The van der Waals surface area contributed by atoms with Crippen molar-refractivity contribution in [2.45, 2.75) is 26.7 Å². The molecule has 0 aromatic heterocycles. The summed E-state index contributed by atoms with van der Waals surface area (Å²) in [5, 5.41) is 10.3. The second-order valence-corrected chi connectivity index (χ2v) is 5.69. The van der Waals surface area contributed by atoms with E-state index in [1.54, 1.807) is 0 Å². The molecule has 2 rings (SSSR count). The fourth-order valence-electron chi connectivity index (χ4n) is 2.07. The van der Waals surface area contributed by atoms with Crippen molar-refractivity contribution < 1.29 is 0 Å². The Bertz CT molecular complexity index is 610. The molecule has 2 nitrogen and oxygen atoms in total. The van der Waals surface area contributed by atoms with Gasteiger partial charge in [-0.05, 0) is 48.2 Å². The van der Waals surface area contributed by atoms with E-state index in [1.807, 2.05) is 48.5 Å². The van der Waals surface area contributed by atoms with Crippen molar-refractivity contribution in [3.8, 4) is 0 Å². The van der Waals surface area contributed by atoms with Crippen LogP contribution in [-0.2, 0) is 0 Å². The van der Waals surface area contributed by atoms with Crippen LogP contribution in [0, 0.1) is 0 Å². The van der Waals surface area contributed by atoms with Crippen LogP contribution in [0.5, 0.6) is 0 Å². The van der Waals surface area contributed by atoms with Crippen LogP contribution in [0.2, 0.25) is 10.0 Å². The molecule has 0 saturated carbocycles. The minimum Gasteiger partial charge on any atom is -0.155 e. The Balaban J connectivity index is 2.31. The van der Waals surface area contributed by atoms with E-state index in [2.05, 4.69) is 24.1 Å². The van der Waals surface area contributed by atoms with Gasteiger partial charge in [0.1, 0.15) is 0 Å². The minimum atomic E-state index is 0.720. The normalized spacial score (nSPS) is 12.5. The molecule has 4 heteroatoms. The predicted octanol–water partition coefficient (Wildman–Crippen LogP) is 6.01. The number of nitrogens with zero attached hydrogens (tertiary/aromatic N) is 2. The largest absolute Gasteiger partial charge is 0.155 e. The van der Waals surface area contributed by atoms with Crippen molar-refractivity contribution in [3.05, 3.63) is 69.7 Å². The molecule has 0 saturated heterocycles. The lowest BCUT2D eigenvalue weighted by molar-refractivity contribution is 1.13. The second-order valence-electron chi connectivity index (χ2n) is 4.81. The van der Waals surface area contributed by atoms with Crippen molar-refractivity contribution in [3.63, 3.8) is 0 Å². The summed E-state index contributed by atoms with van der Waals surface area (Å²) in [6, 6.07) is 15.3. The molecule has 0 aliphatic carbocycles. The first-order chi connectivity index (χ1) is 10.6. The first-order valence-corrected chi connectivity index (χ1v) is 8.05. The van der Waals surface area contributed by atoms with Crippen molar-refractivity contribution in [2.24, 2.45) is 10.2 Å². The van der Waals surface area contributed by atoms with Crippen LogP contribution in [0.1, 0.15) is 37.8 Å². The van der Waals surface area contributed by atoms with E-state index in [9.17, 15) is 0 Å². The van der Waals surface area contributed by atoms with Gasteiger partial charge in [0, 0.05) is 10.0 Å². The molecule has 0 unspecified atom stereocenters. The third kappa shape index (κ3) is 4.43.